The van der Waals surface area contributed by atoms with Gasteiger partial charge in [0.2, 0.25) is 0 Å². The predicted octanol–water partition coefficient (Wildman–Crippen LogP) is 4.01. The molecule has 1 fully saturated rings. The van der Waals surface area contributed by atoms with Gasteiger partial charge in [0, 0.05) is 35.5 Å². The van der Waals surface area contributed by atoms with E-state index < -0.39 is 0 Å². The van der Waals surface area contributed by atoms with Gasteiger partial charge in [0.15, 0.2) is 0 Å². The number of benzene rings is 2. The third kappa shape index (κ3) is 5.16. The van der Waals surface area contributed by atoms with Crippen molar-refractivity contribution in [3.05, 3.63) is 77.1 Å². The van der Waals surface area contributed by atoms with Gasteiger partial charge in [0.25, 0.3) is 5.91 Å². The molecule has 29 heavy (non-hydrogen) atoms. The van der Waals surface area contributed by atoms with Gasteiger partial charge in [0.05, 0.1) is 18.0 Å². The first kappa shape index (κ1) is 19.5. The van der Waals surface area contributed by atoms with Crippen LogP contribution in [0.1, 0.15) is 28.8 Å². The van der Waals surface area contributed by atoms with Crippen molar-refractivity contribution in [1.29, 1.82) is 0 Å². The predicted molar refractivity (Wildman–Crippen MR) is 111 cm³/mol. The number of rotatable bonds is 7. The van der Waals surface area contributed by atoms with E-state index in [0.717, 1.165) is 36.4 Å². The first-order valence-electron chi connectivity index (χ1n) is 9.59. The molecule has 4 rings (SSSR count). The number of hydrogen-bond donors (Lipinski definition) is 1. The summed E-state index contributed by atoms with van der Waals surface area (Å²) in [5.41, 5.74) is 2.40. The molecule has 2 aromatic carbocycles. The average Bonchev–Trinajstić information content (AvgIpc) is 3.44. The number of amides is 1. The quantitative estimate of drug-likeness (QED) is 0.637. The van der Waals surface area contributed by atoms with Crippen molar-refractivity contribution in [2.24, 2.45) is 0 Å². The van der Waals surface area contributed by atoms with Crippen LogP contribution in [0.5, 0.6) is 5.75 Å². The number of ether oxygens (including phenoxy) is 2. The van der Waals surface area contributed by atoms with Crippen LogP contribution < -0.4 is 10.1 Å². The standard InChI is InChI=1S/C22H22ClN3O3/c23-18-5-7-19(8-6-18)26-14-16(13-25-26)12-24-22(27)17-3-9-20(10-4-17)29-15-21-2-1-11-28-21/h3-10,13-14,21H,1-2,11-12,15H2,(H,24,27). The molecular weight excluding hydrogens is 390 g/mol. The van der Waals surface area contributed by atoms with E-state index in [4.69, 9.17) is 21.1 Å². The minimum atomic E-state index is -0.144. The second-order valence-corrected chi connectivity index (χ2v) is 7.36. The lowest BCUT2D eigenvalue weighted by Crippen LogP contribution is -2.22. The van der Waals surface area contributed by atoms with Gasteiger partial charge >= 0.3 is 0 Å². The van der Waals surface area contributed by atoms with Crippen LogP contribution in [-0.4, -0.2) is 35.0 Å². The molecule has 1 N–H and O–H groups in total. The summed E-state index contributed by atoms with van der Waals surface area (Å²) in [6, 6.07) is 14.5. The number of nitrogens with one attached hydrogen (secondary N) is 1. The Morgan fingerprint density at radius 1 is 1.21 bits per heavy atom. The van der Waals surface area contributed by atoms with Crippen LogP contribution >= 0.6 is 11.6 Å². The highest BCUT2D eigenvalue weighted by atomic mass is 35.5. The highest BCUT2D eigenvalue weighted by molar-refractivity contribution is 6.30. The highest BCUT2D eigenvalue weighted by Gasteiger charge is 2.16. The minimum absolute atomic E-state index is 0.144. The zero-order valence-electron chi connectivity index (χ0n) is 15.9. The molecule has 1 aliphatic rings. The second-order valence-electron chi connectivity index (χ2n) is 6.92. The summed E-state index contributed by atoms with van der Waals surface area (Å²) in [4.78, 5) is 12.4. The Balaban J connectivity index is 1.28. The topological polar surface area (TPSA) is 65.4 Å². The molecule has 0 bridgehead atoms. The monoisotopic (exact) mass is 411 g/mol. The molecule has 2 heterocycles. The van der Waals surface area contributed by atoms with Gasteiger partial charge < -0.3 is 14.8 Å². The molecule has 150 valence electrons. The summed E-state index contributed by atoms with van der Waals surface area (Å²) >= 11 is 5.91. The summed E-state index contributed by atoms with van der Waals surface area (Å²) in [7, 11) is 0. The fourth-order valence-corrected chi connectivity index (χ4v) is 3.26. The molecule has 1 aliphatic heterocycles. The van der Waals surface area contributed by atoms with Gasteiger partial charge in [-0.15, -0.1) is 0 Å². The Hall–Kier alpha value is -2.83. The third-order valence-corrected chi connectivity index (χ3v) is 5.01. The van der Waals surface area contributed by atoms with E-state index in [2.05, 4.69) is 10.4 Å². The maximum Gasteiger partial charge on any atom is 0.251 e. The van der Waals surface area contributed by atoms with E-state index in [9.17, 15) is 4.79 Å². The number of aromatic nitrogens is 2. The molecule has 0 saturated carbocycles. The zero-order valence-corrected chi connectivity index (χ0v) is 16.6. The van der Waals surface area contributed by atoms with Gasteiger partial charge in [-0.25, -0.2) is 4.68 Å². The largest absolute Gasteiger partial charge is 0.491 e. The van der Waals surface area contributed by atoms with Crippen LogP contribution in [0.25, 0.3) is 5.69 Å². The average molecular weight is 412 g/mol. The molecule has 6 nitrogen and oxygen atoms in total. The molecule has 0 radical (unpaired) electrons. The summed E-state index contributed by atoms with van der Waals surface area (Å²) < 4.78 is 13.0. The normalized spacial score (nSPS) is 16.0. The fourth-order valence-electron chi connectivity index (χ4n) is 3.14. The molecular formula is C22H22ClN3O3. The fraction of sp³-hybridized carbons (Fsp3) is 0.273. The Kier molecular flexibility index (Phi) is 6.12. The van der Waals surface area contributed by atoms with E-state index in [1.54, 1.807) is 23.0 Å². The molecule has 1 unspecified atom stereocenters. The van der Waals surface area contributed by atoms with Crippen LogP contribution in [0.2, 0.25) is 5.02 Å². The zero-order chi connectivity index (χ0) is 20.1. The molecule has 7 heteroatoms. The Labute approximate surface area is 174 Å². The van der Waals surface area contributed by atoms with Crippen molar-refractivity contribution in [1.82, 2.24) is 15.1 Å². The van der Waals surface area contributed by atoms with Crippen molar-refractivity contribution in [3.63, 3.8) is 0 Å². The lowest BCUT2D eigenvalue weighted by Gasteiger charge is -2.11. The molecule has 0 aliphatic carbocycles. The number of nitrogens with zero attached hydrogens (tertiary/aromatic N) is 2. The molecule has 1 aromatic heterocycles. The molecule has 1 amide bonds. The third-order valence-electron chi connectivity index (χ3n) is 4.76. The number of carbonyl (C=O) groups excluding carboxylic acids is 1. The lowest BCUT2D eigenvalue weighted by atomic mass is 10.2. The van der Waals surface area contributed by atoms with Crippen LogP contribution in [0.15, 0.2) is 60.9 Å². The van der Waals surface area contributed by atoms with Crippen LogP contribution in [0, 0.1) is 0 Å². The summed E-state index contributed by atoms with van der Waals surface area (Å²) in [5.74, 6) is 0.594. The molecule has 1 atom stereocenters. The minimum Gasteiger partial charge on any atom is -0.491 e. The maximum absolute atomic E-state index is 12.4. The maximum atomic E-state index is 12.4. The first-order valence-corrected chi connectivity index (χ1v) is 9.97. The highest BCUT2D eigenvalue weighted by Crippen LogP contribution is 2.17. The van der Waals surface area contributed by atoms with Crippen molar-refractivity contribution in [2.75, 3.05) is 13.2 Å². The summed E-state index contributed by atoms with van der Waals surface area (Å²) in [6.07, 6.45) is 5.91. The summed E-state index contributed by atoms with van der Waals surface area (Å²) in [6.45, 7) is 1.75. The number of hydrogen-bond acceptors (Lipinski definition) is 4. The van der Waals surface area contributed by atoms with E-state index in [0.29, 0.717) is 23.7 Å². The van der Waals surface area contributed by atoms with Gasteiger partial charge in [-0.2, -0.15) is 5.10 Å². The molecule has 3 aromatic rings. The second kappa shape index (κ2) is 9.11. The van der Waals surface area contributed by atoms with Crippen molar-refractivity contribution < 1.29 is 14.3 Å². The number of halogens is 1. The Bertz CT molecular complexity index is 948. The van der Waals surface area contributed by atoms with Crippen molar-refractivity contribution in [3.8, 4) is 11.4 Å². The van der Waals surface area contributed by atoms with Crippen LogP contribution in [-0.2, 0) is 11.3 Å². The van der Waals surface area contributed by atoms with Gasteiger partial charge in [-0.05, 0) is 61.4 Å². The lowest BCUT2D eigenvalue weighted by molar-refractivity contribution is 0.0679. The van der Waals surface area contributed by atoms with Gasteiger partial charge in [-0.1, -0.05) is 11.6 Å². The Morgan fingerprint density at radius 2 is 2.00 bits per heavy atom. The Morgan fingerprint density at radius 3 is 2.72 bits per heavy atom. The van der Waals surface area contributed by atoms with Crippen molar-refractivity contribution in [2.45, 2.75) is 25.5 Å². The van der Waals surface area contributed by atoms with Crippen molar-refractivity contribution >= 4 is 17.5 Å². The van der Waals surface area contributed by atoms with Gasteiger partial charge in [0.1, 0.15) is 12.4 Å². The van der Waals surface area contributed by atoms with Gasteiger partial charge in [-0.3, -0.25) is 4.79 Å². The van der Waals surface area contributed by atoms with Crippen LogP contribution in [0.3, 0.4) is 0 Å². The van der Waals surface area contributed by atoms with E-state index >= 15 is 0 Å². The van der Waals surface area contributed by atoms with E-state index in [1.165, 1.54) is 0 Å². The molecule has 1 saturated heterocycles. The van der Waals surface area contributed by atoms with Crippen LogP contribution in [0.4, 0.5) is 0 Å². The van der Waals surface area contributed by atoms with E-state index in [-0.39, 0.29) is 12.0 Å². The SMILES string of the molecule is O=C(NCc1cnn(-c2ccc(Cl)cc2)c1)c1ccc(OCC2CCCO2)cc1. The van der Waals surface area contributed by atoms with E-state index in [1.807, 2.05) is 42.6 Å². The molecule has 0 spiro atoms. The summed E-state index contributed by atoms with van der Waals surface area (Å²) in [5, 5.41) is 7.92. The first-order chi connectivity index (χ1) is 14.2. The smallest absolute Gasteiger partial charge is 0.251 e. The number of carbonyl (C=O) groups is 1.